The van der Waals surface area contributed by atoms with E-state index in [1.807, 2.05) is 11.0 Å². The largest absolute Gasteiger partial charge is 0.334 e. The second-order valence-corrected chi connectivity index (χ2v) is 5.50. The molecule has 3 nitrogen and oxygen atoms in total. The zero-order chi connectivity index (χ0) is 13.2. The van der Waals surface area contributed by atoms with Crippen LogP contribution in [0.1, 0.15) is 31.2 Å². The van der Waals surface area contributed by atoms with E-state index in [0.717, 1.165) is 12.8 Å². The molecule has 3 rings (SSSR count). The number of rotatable bonds is 6. The van der Waals surface area contributed by atoms with E-state index >= 15 is 0 Å². The summed E-state index contributed by atoms with van der Waals surface area (Å²) in [4.78, 5) is 14.0. The van der Waals surface area contributed by atoms with Gasteiger partial charge in [0.15, 0.2) is 0 Å². The van der Waals surface area contributed by atoms with Crippen molar-refractivity contribution in [1.29, 1.82) is 0 Å². The smallest absolute Gasteiger partial charge is 0.237 e. The first kappa shape index (κ1) is 12.6. The van der Waals surface area contributed by atoms with Crippen molar-refractivity contribution in [3.05, 3.63) is 35.6 Å². The first-order valence-corrected chi connectivity index (χ1v) is 7.00. The van der Waals surface area contributed by atoms with Crippen LogP contribution in [0.15, 0.2) is 24.3 Å². The van der Waals surface area contributed by atoms with Crippen molar-refractivity contribution >= 4 is 5.91 Å². The summed E-state index contributed by atoms with van der Waals surface area (Å²) in [5.41, 5.74) is 0.606. The van der Waals surface area contributed by atoms with Crippen LogP contribution in [0.2, 0.25) is 0 Å². The van der Waals surface area contributed by atoms with Gasteiger partial charge in [-0.25, -0.2) is 4.39 Å². The van der Waals surface area contributed by atoms with E-state index < -0.39 is 0 Å². The summed E-state index contributed by atoms with van der Waals surface area (Å²) in [5, 5.41) is 3.23. The van der Waals surface area contributed by atoms with Gasteiger partial charge < -0.3 is 10.2 Å². The average molecular weight is 262 g/mol. The van der Waals surface area contributed by atoms with Crippen LogP contribution < -0.4 is 5.32 Å². The monoisotopic (exact) mass is 262 g/mol. The fourth-order valence-electron chi connectivity index (χ4n) is 2.24. The molecule has 2 aliphatic carbocycles. The molecule has 0 heterocycles. The van der Waals surface area contributed by atoms with E-state index in [4.69, 9.17) is 0 Å². The van der Waals surface area contributed by atoms with Crippen molar-refractivity contribution in [1.82, 2.24) is 10.2 Å². The van der Waals surface area contributed by atoms with Gasteiger partial charge in [0.1, 0.15) is 5.82 Å². The van der Waals surface area contributed by atoms with Crippen molar-refractivity contribution in [2.24, 2.45) is 0 Å². The third kappa shape index (κ3) is 3.32. The molecule has 2 aliphatic rings. The van der Waals surface area contributed by atoms with Crippen LogP contribution >= 0.6 is 0 Å². The first-order chi connectivity index (χ1) is 9.24. The number of nitrogens with zero attached hydrogens (tertiary/aromatic N) is 1. The summed E-state index contributed by atoms with van der Waals surface area (Å²) in [6, 6.07) is 7.54. The minimum absolute atomic E-state index is 0.0950. The molecule has 1 N–H and O–H groups in total. The highest BCUT2D eigenvalue weighted by atomic mass is 19.1. The quantitative estimate of drug-likeness (QED) is 0.851. The highest BCUT2D eigenvalue weighted by molar-refractivity contribution is 5.79. The number of hydrogen-bond acceptors (Lipinski definition) is 2. The Hall–Kier alpha value is -1.42. The zero-order valence-electron chi connectivity index (χ0n) is 10.9. The SMILES string of the molecule is O=C(CNC1CC1)N(Cc1ccccc1F)C1CC1. The van der Waals surface area contributed by atoms with Gasteiger partial charge in [-0.05, 0) is 31.7 Å². The topological polar surface area (TPSA) is 32.3 Å². The van der Waals surface area contributed by atoms with Crippen LogP contribution in [-0.2, 0) is 11.3 Å². The Balaban J connectivity index is 1.63. The number of halogens is 1. The number of amides is 1. The molecule has 19 heavy (non-hydrogen) atoms. The maximum Gasteiger partial charge on any atom is 0.237 e. The summed E-state index contributed by atoms with van der Waals surface area (Å²) in [6.07, 6.45) is 4.43. The summed E-state index contributed by atoms with van der Waals surface area (Å²) in [5.74, 6) is -0.131. The van der Waals surface area contributed by atoms with Gasteiger partial charge in [-0.2, -0.15) is 0 Å². The molecule has 0 aromatic heterocycles. The van der Waals surface area contributed by atoms with Crippen molar-refractivity contribution < 1.29 is 9.18 Å². The molecule has 0 bridgehead atoms. The van der Waals surface area contributed by atoms with Crippen molar-refractivity contribution in [2.45, 2.75) is 44.3 Å². The van der Waals surface area contributed by atoms with Crippen LogP contribution in [0, 0.1) is 5.82 Å². The Bertz CT molecular complexity index is 469. The van der Waals surface area contributed by atoms with E-state index in [1.165, 1.54) is 18.9 Å². The molecule has 1 amide bonds. The van der Waals surface area contributed by atoms with Gasteiger partial charge in [0.25, 0.3) is 0 Å². The number of hydrogen-bond donors (Lipinski definition) is 1. The molecule has 0 saturated heterocycles. The third-order valence-corrected chi connectivity index (χ3v) is 3.73. The normalized spacial score (nSPS) is 18.4. The molecular formula is C15H19FN2O. The average Bonchev–Trinajstić information content (AvgIpc) is 3.28. The predicted molar refractivity (Wildman–Crippen MR) is 71.0 cm³/mol. The second kappa shape index (κ2) is 5.29. The minimum atomic E-state index is -0.226. The molecule has 0 aliphatic heterocycles. The Labute approximate surface area is 112 Å². The fourth-order valence-corrected chi connectivity index (χ4v) is 2.24. The summed E-state index contributed by atoms with van der Waals surface area (Å²) < 4.78 is 13.7. The molecule has 2 saturated carbocycles. The Morgan fingerprint density at radius 1 is 1.26 bits per heavy atom. The number of carbonyl (C=O) groups is 1. The molecule has 1 aromatic rings. The molecule has 102 valence electrons. The summed E-state index contributed by atoms with van der Waals surface area (Å²) in [7, 11) is 0. The number of benzene rings is 1. The Kier molecular flexibility index (Phi) is 3.51. The van der Waals surface area contributed by atoms with Gasteiger partial charge in [0.2, 0.25) is 5.91 Å². The van der Waals surface area contributed by atoms with Crippen LogP contribution in [0.3, 0.4) is 0 Å². The van der Waals surface area contributed by atoms with Gasteiger partial charge in [-0.15, -0.1) is 0 Å². The van der Waals surface area contributed by atoms with Gasteiger partial charge in [0, 0.05) is 24.2 Å². The lowest BCUT2D eigenvalue weighted by molar-refractivity contribution is -0.131. The Morgan fingerprint density at radius 3 is 2.63 bits per heavy atom. The minimum Gasteiger partial charge on any atom is -0.334 e. The fraction of sp³-hybridized carbons (Fsp3) is 0.533. The highest BCUT2D eigenvalue weighted by Gasteiger charge is 2.33. The molecule has 0 spiro atoms. The maximum atomic E-state index is 13.7. The second-order valence-electron chi connectivity index (χ2n) is 5.50. The van der Waals surface area contributed by atoms with Gasteiger partial charge in [-0.1, -0.05) is 18.2 Å². The molecule has 0 radical (unpaired) electrons. The molecule has 1 aromatic carbocycles. The van der Waals surface area contributed by atoms with Gasteiger partial charge in [0.05, 0.1) is 6.54 Å². The molecular weight excluding hydrogens is 243 g/mol. The lowest BCUT2D eigenvalue weighted by atomic mass is 10.2. The Morgan fingerprint density at radius 2 is 2.00 bits per heavy atom. The molecule has 2 fully saturated rings. The summed E-state index contributed by atoms with van der Waals surface area (Å²) in [6.45, 7) is 0.776. The maximum absolute atomic E-state index is 13.7. The van der Waals surface area contributed by atoms with E-state index in [9.17, 15) is 9.18 Å². The standard InChI is InChI=1S/C15H19FN2O/c16-14-4-2-1-3-11(14)10-18(13-7-8-13)15(19)9-17-12-5-6-12/h1-4,12-13,17H,5-10H2. The van der Waals surface area contributed by atoms with Crippen LogP contribution in [0.25, 0.3) is 0 Å². The van der Waals surface area contributed by atoms with Gasteiger partial charge in [-0.3, -0.25) is 4.79 Å². The van der Waals surface area contributed by atoms with Crippen LogP contribution in [-0.4, -0.2) is 29.4 Å². The molecule has 4 heteroatoms. The summed E-state index contributed by atoms with van der Waals surface area (Å²) >= 11 is 0. The van der Waals surface area contributed by atoms with E-state index in [-0.39, 0.29) is 11.7 Å². The lowest BCUT2D eigenvalue weighted by Gasteiger charge is -2.23. The third-order valence-electron chi connectivity index (χ3n) is 3.73. The molecule has 0 unspecified atom stereocenters. The van der Waals surface area contributed by atoms with E-state index in [0.29, 0.717) is 30.7 Å². The molecule has 0 atom stereocenters. The van der Waals surface area contributed by atoms with Crippen LogP contribution in [0.5, 0.6) is 0 Å². The first-order valence-electron chi connectivity index (χ1n) is 7.00. The lowest BCUT2D eigenvalue weighted by Crippen LogP contribution is -2.40. The van der Waals surface area contributed by atoms with Gasteiger partial charge >= 0.3 is 0 Å². The van der Waals surface area contributed by atoms with Crippen molar-refractivity contribution in [2.75, 3.05) is 6.54 Å². The highest BCUT2D eigenvalue weighted by Crippen LogP contribution is 2.29. The van der Waals surface area contributed by atoms with Crippen LogP contribution in [0.4, 0.5) is 4.39 Å². The number of carbonyl (C=O) groups excluding carboxylic acids is 1. The zero-order valence-corrected chi connectivity index (χ0v) is 10.9. The predicted octanol–water partition coefficient (Wildman–Crippen LogP) is 2.07. The van der Waals surface area contributed by atoms with E-state index in [2.05, 4.69) is 5.32 Å². The van der Waals surface area contributed by atoms with Crippen molar-refractivity contribution in [3.8, 4) is 0 Å². The van der Waals surface area contributed by atoms with E-state index in [1.54, 1.807) is 12.1 Å². The van der Waals surface area contributed by atoms with Crippen molar-refractivity contribution in [3.63, 3.8) is 0 Å². The number of nitrogens with one attached hydrogen (secondary N) is 1.